The van der Waals surface area contributed by atoms with Crippen LogP contribution in [-0.4, -0.2) is 32.9 Å². The molecule has 1 rings (SSSR count). The van der Waals surface area contributed by atoms with Gasteiger partial charge in [0, 0.05) is 19.8 Å². The number of para-hydroxylation sites is 1. The predicted molar refractivity (Wildman–Crippen MR) is 75.1 cm³/mol. The van der Waals surface area contributed by atoms with E-state index in [4.69, 9.17) is 9.47 Å². The second-order valence-corrected chi connectivity index (χ2v) is 4.73. The molecule has 3 nitrogen and oxygen atoms in total. The predicted octanol–water partition coefficient (Wildman–Crippen LogP) is 2.72. The number of nitrogens with one attached hydrogen (secondary N) is 1. The van der Waals surface area contributed by atoms with Crippen LogP contribution in [0.3, 0.4) is 0 Å². The van der Waals surface area contributed by atoms with Gasteiger partial charge in [-0.05, 0) is 31.0 Å². The summed E-state index contributed by atoms with van der Waals surface area (Å²) in [5, 5.41) is 3.34. The molecule has 0 saturated heterocycles. The van der Waals surface area contributed by atoms with Crippen molar-refractivity contribution in [3.05, 3.63) is 30.3 Å². The molecule has 0 amide bonds. The highest BCUT2D eigenvalue weighted by Crippen LogP contribution is 2.07. The van der Waals surface area contributed by atoms with Crippen LogP contribution in [0.25, 0.3) is 0 Å². The third kappa shape index (κ3) is 8.09. The van der Waals surface area contributed by atoms with E-state index in [1.54, 1.807) is 0 Å². The lowest BCUT2D eigenvalue weighted by atomic mass is 10.2. The van der Waals surface area contributed by atoms with Crippen LogP contribution in [0.1, 0.15) is 20.3 Å². The Hall–Kier alpha value is -1.06. The van der Waals surface area contributed by atoms with Gasteiger partial charge in [-0.2, -0.15) is 0 Å². The SMILES string of the molecule is CC(C)COCCCNCCOc1ccccc1. The molecule has 0 bridgehead atoms. The molecule has 0 spiro atoms. The Morgan fingerprint density at radius 2 is 1.83 bits per heavy atom. The lowest BCUT2D eigenvalue weighted by molar-refractivity contribution is 0.108. The van der Waals surface area contributed by atoms with Crippen LogP contribution in [0.4, 0.5) is 0 Å². The van der Waals surface area contributed by atoms with Crippen molar-refractivity contribution >= 4 is 0 Å². The highest BCUT2D eigenvalue weighted by atomic mass is 16.5. The summed E-state index contributed by atoms with van der Waals surface area (Å²) in [4.78, 5) is 0. The van der Waals surface area contributed by atoms with Gasteiger partial charge in [0.05, 0.1) is 0 Å². The summed E-state index contributed by atoms with van der Waals surface area (Å²) in [5.41, 5.74) is 0. The van der Waals surface area contributed by atoms with Gasteiger partial charge in [-0.1, -0.05) is 32.0 Å². The third-order valence-corrected chi connectivity index (χ3v) is 2.38. The van der Waals surface area contributed by atoms with E-state index in [0.29, 0.717) is 12.5 Å². The number of benzene rings is 1. The minimum Gasteiger partial charge on any atom is -0.492 e. The quantitative estimate of drug-likeness (QED) is 0.649. The Morgan fingerprint density at radius 3 is 2.56 bits per heavy atom. The highest BCUT2D eigenvalue weighted by Gasteiger charge is 1.94. The zero-order valence-corrected chi connectivity index (χ0v) is 11.5. The first-order chi connectivity index (χ1) is 8.79. The molecule has 0 heterocycles. The minimum absolute atomic E-state index is 0.622. The Kier molecular flexibility index (Phi) is 8.26. The number of hydrogen-bond acceptors (Lipinski definition) is 3. The summed E-state index contributed by atoms with van der Waals surface area (Å²) in [6.07, 6.45) is 1.05. The molecule has 0 aliphatic carbocycles. The van der Waals surface area contributed by atoms with Gasteiger partial charge >= 0.3 is 0 Å². The van der Waals surface area contributed by atoms with Gasteiger partial charge in [0.25, 0.3) is 0 Å². The molecule has 0 aliphatic rings. The molecule has 0 aromatic heterocycles. The van der Waals surface area contributed by atoms with Crippen molar-refractivity contribution in [2.24, 2.45) is 5.92 Å². The molecule has 0 saturated carbocycles. The lowest BCUT2D eigenvalue weighted by Gasteiger charge is -2.08. The molecular weight excluding hydrogens is 226 g/mol. The molecule has 1 aromatic rings. The van der Waals surface area contributed by atoms with Crippen LogP contribution in [-0.2, 0) is 4.74 Å². The molecule has 0 aliphatic heterocycles. The van der Waals surface area contributed by atoms with Gasteiger partial charge < -0.3 is 14.8 Å². The van der Waals surface area contributed by atoms with Gasteiger partial charge in [0.2, 0.25) is 0 Å². The maximum atomic E-state index is 5.57. The van der Waals surface area contributed by atoms with Crippen LogP contribution >= 0.6 is 0 Å². The summed E-state index contributed by atoms with van der Waals surface area (Å²) in [6.45, 7) is 8.59. The normalized spacial score (nSPS) is 10.8. The maximum Gasteiger partial charge on any atom is 0.119 e. The first-order valence-electron chi connectivity index (χ1n) is 6.75. The van der Waals surface area contributed by atoms with Crippen LogP contribution in [0.5, 0.6) is 5.75 Å². The van der Waals surface area contributed by atoms with Crippen molar-refractivity contribution in [2.45, 2.75) is 20.3 Å². The maximum absolute atomic E-state index is 5.57. The minimum atomic E-state index is 0.622. The molecule has 0 atom stereocenters. The average Bonchev–Trinajstić information content (AvgIpc) is 2.37. The smallest absolute Gasteiger partial charge is 0.119 e. The fraction of sp³-hybridized carbons (Fsp3) is 0.600. The van der Waals surface area contributed by atoms with E-state index in [1.807, 2.05) is 30.3 Å². The Balaban J connectivity index is 1.84. The molecule has 3 heteroatoms. The third-order valence-electron chi connectivity index (χ3n) is 2.38. The van der Waals surface area contributed by atoms with E-state index >= 15 is 0 Å². The largest absolute Gasteiger partial charge is 0.492 e. The fourth-order valence-corrected chi connectivity index (χ4v) is 1.50. The van der Waals surface area contributed by atoms with Crippen molar-refractivity contribution < 1.29 is 9.47 Å². The van der Waals surface area contributed by atoms with Crippen molar-refractivity contribution in [3.8, 4) is 5.75 Å². The summed E-state index contributed by atoms with van der Waals surface area (Å²) < 4.78 is 11.1. The molecular formula is C15H25NO2. The van der Waals surface area contributed by atoms with Crippen LogP contribution in [0.15, 0.2) is 30.3 Å². The highest BCUT2D eigenvalue weighted by molar-refractivity contribution is 5.20. The fourth-order valence-electron chi connectivity index (χ4n) is 1.50. The van der Waals surface area contributed by atoms with Gasteiger partial charge in [0.1, 0.15) is 12.4 Å². The molecule has 1 aromatic carbocycles. The Morgan fingerprint density at radius 1 is 1.06 bits per heavy atom. The summed E-state index contributed by atoms with van der Waals surface area (Å²) >= 11 is 0. The van der Waals surface area contributed by atoms with Gasteiger partial charge in [0.15, 0.2) is 0 Å². The van der Waals surface area contributed by atoms with E-state index < -0.39 is 0 Å². The Labute approximate surface area is 110 Å². The Bertz CT molecular complexity index is 288. The standard InChI is InChI=1S/C15H25NO2/c1-14(2)13-17-11-6-9-16-10-12-18-15-7-4-3-5-8-15/h3-5,7-8,14,16H,6,9-13H2,1-2H3. The van der Waals surface area contributed by atoms with E-state index in [0.717, 1.165) is 38.5 Å². The first-order valence-corrected chi connectivity index (χ1v) is 6.75. The number of ether oxygens (including phenoxy) is 2. The van der Waals surface area contributed by atoms with E-state index in [1.165, 1.54) is 0 Å². The van der Waals surface area contributed by atoms with Crippen molar-refractivity contribution in [2.75, 3.05) is 32.9 Å². The summed E-state index contributed by atoms with van der Waals surface area (Å²) in [5.74, 6) is 1.55. The monoisotopic (exact) mass is 251 g/mol. The van der Waals surface area contributed by atoms with Crippen LogP contribution in [0.2, 0.25) is 0 Å². The van der Waals surface area contributed by atoms with Crippen molar-refractivity contribution in [1.29, 1.82) is 0 Å². The van der Waals surface area contributed by atoms with Gasteiger partial charge in [-0.25, -0.2) is 0 Å². The second kappa shape index (κ2) is 9.92. The zero-order chi connectivity index (χ0) is 13.1. The molecule has 0 fully saturated rings. The van der Waals surface area contributed by atoms with Gasteiger partial charge in [-0.3, -0.25) is 0 Å². The van der Waals surface area contributed by atoms with Crippen LogP contribution < -0.4 is 10.1 Å². The van der Waals surface area contributed by atoms with Crippen molar-refractivity contribution in [3.63, 3.8) is 0 Å². The van der Waals surface area contributed by atoms with Crippen molar-refractivity contribution in [1.82, 2.24) is 5.32 Å². The summed E-state index contributed by atoms with van der Waals surface area (Å²) in [6, 6.07) is 9.89. The molecule has 18 heavy (non-hydrogen) atoms. The lowest BCUT2D eigenvalue weighted by Crippen LogP contribution is -2.23. The van der Waals surface area contributed by atoms with Crippen LogP contribution in [0, 0.1) is 5.92 Å². The molecule has 0 unspecified atom stereocenters. The van der Waals surface area contributed by atoms with E-state index in [2.05, 4.69) is 19.2 Å². The topological polar surface area (TPSA) is 30.5 Å². The van der Waals surface area contributed by atoms with E-state index in [-0.39, 0.29) is 0 Å². The molecule has 1 N–H and O–H groups in total. The zero-order valence-electron chi connectivity index (χ0n) is 11.5. The number of hydrogen-bond donors (Lipinski definition) is 1. The summed E-state index contributed by atoms with van der Waals surface area (Å²) in [7, 11) is 0. The molecule has 102 valence electrons. The van der Waals surface area contributed by atoms with Gasteiger partial charge in [-0.15, -0.1) is 0 Å². The molecule has 0 radical (unpaired) electrons. The second-order valence-electron chi connectivity index (χ2n) is 4.73. The average molecular weight is 251 g/mol. The first kappa shape index (κ1) is 15.0. The number of rotatable bonds is 10. The van der Waals surface area contributed by atoms with E-state index in [9.17, 15) is 0 Å².